The summed E-state index contributed by atoms with van der Waals surface area (Å²) in [4.78, 5) is 15.7. The van der Waals surface area contributed by atoms with Crippen molar-refractivity contribution in [2.45, 2.75) is 12.8 Å². The molecule has 2 aliphatic rings. The van der Waals surface area contributed by atoms with Gasteiger partial charge in [0, 0.05) is 26.2 Å². The minimum Gasteiger partial charge on any atom is -0.341 e. The molecule has 0 spiro atoms. The predicted molar refractivity (Wildman–Crippen MR) is 51.4 cm³/mol. The molecule has 0 unspecified atom stereocenters. The maximum atomic E-state index is 11.6. The van der Waals surface area contributed by atoms with E-state index in [4.69, 9.17) is 0 Å². The Morgan fingerprint density at radius 2 is 2.08 bits per heavy atom. The summed E-state index contributed by atoms with van der Waals surface area (Å²) in [6, 6.07) is 0. The Balaban J connectivity index is 1.76. The van der Waals surface area contributed by atoms with Gasteiger partial charge in [-0.25, -0.2) is 0 Å². The van der Waals surface area contributed by atoms with Gasteiger partial charge in [0.1, 0.15) is 0 Å². The predicted octanol–water partition coefficient (Wildman–Crippen LogP) is 0.481. The topological polar surface area (TPSA) is 23.6 Å². The summed E-state index contributed by atoms with van der Waals surface area (Å²) in [5.41, 5.74) is 0. The first-order valence-corrected chi connectivity index (χ1v) is 5.01. The largest absolute Gasteiger partial charge is 0.341 e. The Kier molecular flexibility index (Phi) is 2.64. The van der Waals surface area contributed by atoms with Gasteiger partial charge in [0.2, 0.25) is 5.91 Å². The Labute approximate surface area is 79.0 Å². The molecular weight excluding hydrogens is 164 g/mol. The molecular formula is C10H16N2O. The Bertz CT molecular complexity index is 221. The zero-order chi connectivity index (χ0) is 9.10. The summed E-state index contributed by atoms with van der Waals surface area (Å²) >= 11 is 0. The smallest absolute Gasteiger partial charge is 0.236 e. The van der Waals surface area contributed by atoms with Crippen LogP contribution < -0.4 is 0 Å². The SMILES string of the molecule is O=C(CN1CC=CCC1)N1CCC1. The van der Waals surface area contributed by atoms with Crippen LogP contribution in [0.4, 0.5) is 0 Å². The van der Waals surface area contributed by atoms with Crippen LogP contribution >= 0.6 is 0 Å². The number of nitrogens with zero attached hydrogens (tertiary/aromatic N) is 2. The van der Waals surface area contributed by atoms with Crippen LogP contribution in [-0.2, 0) is 4.79 Å². The number of hydrogen-bond donors (Lipinski definition) is 0. The van der Waals surface area contributed by atoms with Gasteiger partial charge in [0.05, 0.1) is 6.54 Å². The summed E-state index contributed by atoms with van der Waals surface area (Å²) in [6.45, 7) is 4.55. The van der Waals surface area contributed by atoms with Gasteiger partial charge in [0.15, 0.2) is 0 Å². The summed E-state index contributed by atoms with van der Waals surface area (Å²) in [7, 11) is 0. The van der Waals surface area contributed by atoms with Crippen molar-refractivity contribution >= 4 is 5.91 Å². The van der Waals surface area contributed by atoms with E-state index in [0.29, 0.717) is 12.5 Å². The third kappa shape index (κ3) is 2.10. The zero-order valence-electron chi connectivity index (χ0n) is 7.91. The average Bonchev–Trinajstić information content (AvgIpc) is 2.02. The molecule has 0 aromatic rings. The Morgan fingerprint density at radius 1 is 1.23 bits per heavy atom. The average molecular weight is 180 g/mol. The van der Waals surface area contributed by atoms with Crippen molar-refractivity contribution in [3.63, 3.8) is 0 Å². The summed E-state index contributed by atoms with van der Waals surface area (Å²) in [5, 5.41) is 0. The molecule has 13 heavy (non-hydrogen) atoms. The normalized spacial score (nSPS) is 22.9. The maximum Gasteiger partial charge on any atom is 0.236 e. The zero-order valence-corrected chi connectivity index (χ0v) is 7.91. The number of amides is 1. The highest BCUT2D eigenvalue weighted by atomic mass is 16.2. The standard InChI is InChI=1S/C10H16N2O/c13-10(12-7-4-8-12)9-11-5-2-1-3-6-11/h1-2H,3-9H2. The van der Waals surface area contributed by atoms with Gasteiger partial charge in [-0.2, -0.15) is 0 Å². The van der Waals surface area contributed by atoms with E-state index in [1.54, 1.807) is 0 Å². The summed E-state index contributed by atoms with van der Waals surface area (Å²) in [6.07, 6.45) is 6.61. The van der Waals surface area contributed by atoms with Crippen LogP contribution in [0.25, 0.3) is 0 Å². The van der Waals surface area contributed by atoms with E-state index in [-0.39, 0.29) is 0 Å². The molecule has 0 aromatic carbocycles. The van der Waals surface area contributed by atoms with Crippen LogP contribution in [0.5, 0.6) is 0 Å². The lowest BCUT2D eigenvalue weighted by atomic mass is 10.2. The maximum absolute atomic E-state index is 11.6. The van der Waals surface area contributed by atoms with Crippen molar-refractivity contribution in [3.05, 3.63) is 12.2 Å². The number of carbonyl (C=O) groups excluding carboxylic acids is 1. The van der Waals surface area contributed by atoms with Crippen molar-refractivity contribution < 1.29 is 4.79 Å². The third-order valence-electron chi connectivity index (χ3n) is 2.71. The molecule has 0 radical (unpaired) electrons. The number of hydrogen-bond acceptors (Lipinski definition) is 2. The summed E-state index contributed by atoms with van der Waals surface area (Å²) in [5.74, 6) is 0.307. The van der Waals surface area contributed by atoms with E-state index >= 15 is 0 Å². The first kappa shape index (κ1) is 8.75. The van der Waals surface area contributed by atoms with Crippen molar-refractivity contribution in [2.24, 2.45) is 0 Å². The first-order valence-electron chi connectivity index (χ1n) is 5.01. The van der Waals surface area contributed by atoms with Gasteiger partial charge in [-0.15, -0.1) is 0 Å². The highest BCUT2D eigenvalue weighted by molar-refractivity contribution is 5.78. The molecule has 0 saturated carbocycles. The monoisotopic (exact) mass is 180 g/mol. The van der Waals surface area contributed by atoms with Gasteiger partial charge in [-0.3, -0.25) is 9.69 Å². The first-order chi connectivity index (χ1) is 6.36. The quantitative estimate of drug-likeness (QED) is 0.577. The lowest BCUT2D eigenvalue weighted by Gasteiger charge is -2.33. The van der Waals surface area contributed by atoms with Crippen molar-refractivity contribution in [1.29, 1.82) is 0 Å². The van der Waals surface area contributed by atoms with E-state index in [1.807, 2.05) is 4.90 Å². The van der Waals surface area contributed by atoms with E-state index < -0.39 is 0 Å². The van der Waals surface area contributed by atoms with Gasteiger partial charge < -0.3 is 4.90 Å². The Morgan fingerprint density at radius 3 is 2.62 bits per heavy atom. The molecule has 0 aromatic heterocycles. The van der Waals surface area contributed by atoms with E-state index in [2.05, 4.69) is 17.1 Å². The molecule has 1 amide bonds. The lowest BCUT2D eigenvalue weighted by molar-refractivity contribution is -0.135. The van der Waals surface area contributed by atoms with Crippen LogP contribution in [-0.4, -0.2) is 48.4 Å². The minimum absolute atomic E-state index is 0.307. The van der Waals surface area contributed by atoms with Crippen LogP contribution in [0.15, 0.2) is 12.2 Å². The van der Waals surface area contributed by atoms with Crippen molar-refractivity contribution in [2.75, 3.05) is 32.7 Å². The highest BCUT2D eigenvalue weighted by Gasteiger charge is 2.21. The number of carbonyl (C=O) groups is 1. The summed E-state index contributed by atoms with van der Waals surface area (Å²) < 4.78 is 0. The molecule has 0 N–H and O–H groups in total. The number of rotatable bonds is 2. The van der Waals surface area contributed by atoms with Crippen LogP contribution in [0.3, 0.4) is 0 Å². The molecule has 0 bridgehead atoms. The van der Waals surface area contributed by atoms with Gasteiger partial charge in [0.25, 0.3) is 0 Å². The minimum atomic E-state index is 0.307. The van der Waals surface area contributed by atoms with E-state index in [1.165, 1.54) is 6.42 Å². The lowest BCUT2D eigenvalue weighted by Crippen LogP contribution is -2.47. The molecule has 2 aliphatic heterocycles. The van der Waals surface area contributed by atoms with Crippen molar-refractivity contribution in [1.82, 2.24) is 9.80 Å². The molecule has 2 rings (SSSR count). The molecule has 0 aliphatic carbocycles. The molecule has 0 atom stereocenters. The molecule has 1 saturated heterocycles. The molecule has 72 valence electrons. The highest BCUT2D eigenvalue weighted by Crippen LogP contribution is 2.08. The van der Waals surface area contributed by atoms with E-state index in [9.17, 15) is 4.79 Å². The molecule has 3 nitrogen and oxygen atoms in total. The third-order valence-corrected chi connectivity index (χ3v) is 2.71. The molecule has 1 fully saturated rings. The Hall–Kier alpha value is -0.830. The van der Waals surface area contributed by atoms with Gasteiger partial charge in [-0.1, -0.05) is 12.2 Å². The second-order valence-electron chi connectivity index (χ2n) is 3.73. The fourth-order valence-corrected chi connectivity index (χ4v) is 1.69. The van der Waals surface area contributed by atoms with Gasteiger partial charge >= 0.3 is 0 Å². The fourth-order valence-electron chi connectivity index (χ4n) is 1.69. The van der Waals surface area contributed by atoms with Gasteiger partial charge in [-0.05, 0) is 12.8 Å². The molecule has 3 heteroatoms. The molecule has 2 heterocycles. The van der Waals surface area contributed by atoms with E-state index in [0.717, 1.165) is 32.6 Å². The number of likely N-dealkylation sites (tertiary alicyclic amines) is 1. The second kappa shape index (κ2) is 3.92. The van der Waals surface area contributed by atoms with Crippen LogP contribution in [0, 0.1) is 0 Å². The second-order valence-corrected chi connectivity index (χ2v) is 3.73. The van der Waals surface area contributed by atoms with Crippen LogP contribution in [0.2, 0.25) is 0 Å². The fraction of sp³-hybridized carbons (Fsp3) is 0.700. The van der Waals surface area contributed by atoms with Crippen LogP contribution in [0.1, 0.15) is 12.8 Å². The van der Waals surface area contributed by atoms with Crippen molar-refractivity contribution in [3.8, 4) is 0 Å².